The number of rotatable bonds is 0. The van der Waals surface area contributed by atoms with Crippen LogP contribution in [0.5, 0.6) is 0 Å². The van der Waals surface area contributed by atoms with Crippen LogP contribution in [0, 0.1) is 0 Å². The maximum absolute atomic E-state index is 5.12. The first kappa shape index (κ1) is 8.87. The molecular formula is C7H5AgNOS. The summed E-state index contributed by atoms with van der Waals surface area (Å²) in [6, 6.07) is 7.57. The number of para-hydroxylation sites is 2. The Morgan fingerprint density at radius 2 is 2.00 bits per heavy atom. The first-order valence-electron chi connectivity index (χ1n) is 2.91. The van der Waals surface area contributed by atoms with Crippen molar-refractivity contribution in [3.8, 4) is 0 Å². The van der Waals surface area contributed by atoms with E-state index in [0.29, 0.717) is 5.22 Å². The molecule has 0 spiro atoms. The topological polar surface area (TPSA) is 26.0 Å². The molecule has 4 heteroatoms. The predicted molar refractivity (Wildman–Crippen MR) is 41.3 cm³/mol. The predicted octanol–water partition coefficient (Wildman–Crippen LogP) is 2.11. The van der Waals surface area contributed by atoms with Crippen molar-refractivity contribution >= 4 is 23.7 Å². The number of oxazole rings is 1. The van der Waals surface area contributed by atoms with Gasteiger partial charge in [0.2, 0.25) is 0 Å². The number of hydrogen-bond acceptors (Lipinski definition) is 3. The Morgan fingerprint density at radius 3 is 2.73 bits per heavy atom. The van der Waals surface area contributed by atoms with Gasteiger partial charge in [0.25, 0.3) is 5.22 Å². The number of thiol groups is 1. The molecule has 0 aliphatic carbocycles. The summed E-state index contributed by atoms with van der Waals surface area (Å²) in [7, 11) is 0. The zero-order valence-electron chi connectivity index (χ0n) is 5.41. The number of aromatic nitrogens is 1. The van der Waals surface area contributed by atoms with Crippen LogP contribution in [0.3, 0.4) is 0 Å². The van der Waals surface area contributed by atoms with Gasteiger partial charge in [0, 0.05) is 22.4 Å². The van der Waals surface area contributed by atoms with E-state index in [1.807, 2.05) is 24.3 Å². The molecule has 1 aromatic heterocycles. The van der Waals surface area contributed by atoms with Crippen LogP contribution in [0.25, 0.3) is 11.1 Å². The van der Waals surface area contributed by atoms with Crippen molar-refractivity contribution in [2.45, 2.75) is 5.22 Å². The van der Waals surface area contributed by atoms with Crippen molar-refractivity contribution in [3.63, 3.8) is 0 Å². The van der Waals surface area contributed by atoms with Crippen molar-refractivity contribution in [1.29, 1.82) is 0 Å². The molecule has 0 aliphatic rings. The van der Waals surface area contributed by atoms with Crippen LogP contribution in [-0.4, -0.2) is 4.98 Å². The van der Waals surface area contributed by atoms with Crippen LogP contribution < -0.4 is 0 Å². The van der Waals surface area contributed by atoms with E-state index in [9.17, 15) is 0 Å². The van der Waals surface area contributed by atoms with Gasteiger partial charge in [-0.05, 0) is 12.1 Å². The van der Waals surface area contributed by atoms with E-state index in [-0.39, 0.29) is 22.4 Å². The second-order valence-electron chi connectivity index (χ2n) is 1.96. The molecule has 0 fully saturated rings. The third-order valence-corrected chi connectivity index (χ3v) is 1.47. The van der Waals surface area contributed by atoms with Gasteiger partial charge in [-0.15, -0.1) is 0 Å². The van der Waals surface area contributed by atoms with Crippen LogP contribution in [0.4, 0.5) is 0 Å². The first-order chi connectivity index (χ1) is 4.86. The van der Waals surface area contributed by atoms with Gasteiger partial charge < -0.3 is 4.42 Å². The summed E-state index contributed by atoms with van der Waals surface area (Å²) < 4.78 is 5.12. The summed E-state index contributed by atoms with van der Waals surface area (Å²) in [5.74, 6) is 0. The minimum Gasteiger partial charge on any atom is -0.432 e. The number of hydrogen-bond donors (Lipinski definition) is 1. The largest absolute Gasteiger partial charge is 0.432 e. The van der Waals surface area contributed by atoms with E-state index in [1.165, 1.54) is 0 Å². The summed E-state index contributed by atoms with van der Waals surface area (Å²) in [4.78, 5) is 4.01. The molecule has 0 atom stereocenters. The van der Waals surface area contributed by atoms with Crippen molar-refractivity contribution in [1.82, 2.24) is 4.98 Å². The van der Waals surface area contributed by atoms with Crippen molar-refractivity contribution in [3.05, 3.63) is 24.3 Å². The monoisotopic (exact) mass is 258 g/mol. The van der Waals surface area contributed by atoms with E-state index in [1.54, 1.807) is 0 Å². The van der Waals surface area contributed by atoms with Crippen molar-refractivity contribution in [2.24, 2.45) is 0 Å². The molecule has 2 aromatic rings. The van der Waals surface area contributed by atoms with Gasteiger partial charge >= 0.3 is 0 Å². The minimum absolute atomic E-state index is 0. The molecule has 1 aromatic carbocycles. The Bertz CT molecular complexity index is 327. The molecule has 0 amide bonds. The smallest absolute Gasteiger partial charge is 0.253 e. The molecule has 2 rings (SSSR count). The SMILES string of the molecule is Sc1nc2ccccc2o1.[Ag]. The molecule has 0 N–H and O–H groups in total. The van der Waals surface area contributed by atoms with E-state index >= 15 is 0 Å². The Labute approximate surface area is 84.9 Å². The number of benzene rings is 1. The van der Waals surface area contributed by atoms with E-state index in [2.05, 4.69) is 17.6 Å². The van der Waals surface area contributed by atoms with Gasteiger partial charge in [-0.1, -0.05) is 24.8 Å². The summed E-state index contributed by atoms with van der Waals surface area (Å²) in [6.07, 6.45) is 0. The van der Waals surface area contributed by atoms with E-state index < -0.39 is 0 Å². The number of nitrogens with zero attached hydrogens (tertiary/aromatic N) is 1. The Balaban J connectivity index is 0.000000605. The Hall–Kier alpha value is -0.220. The van der Waals surface area contributed by atoms with Gasteiger partial charge in [0.05, 0.1) is 0 Å². The molecule has 0 saturated carbocycles. The van der Waals surface area contributed by atoms with Crippen LogP contribution in [0.15, 0.2) is 33.9 Å². The fourth-order valence-corrected chi connectivity index (χ4v) is 1.07. The van der Waals surface area contributed by atoms with Gasteiger partial charge in [0.1, 0.15) is 5.52 Å². The molecule has 61 valence electrons. The molecule has 0 bridgehead atoms. The standard InChI is InChI=1S/C7H5NOS.Ag/c10-7-8-5-3-1-2-4-6(5)9-7;/h1-4H,(H,8,10);. The zero-order chi connectivity index (χ0) is 6.97. The molecule has 2 nitrogen and oxygen atoms in total. The minimum atomic E-state index is 0. The van der Waals surface area contributed by atoms with E-state index in [0.717, 1.165) is 11.1 Å². The second-order valence-corrected chi connectivity index (χ2v) is 2.35. The second kappa shape index (κ2) is 3.45. The average molecular weight is 259 g/mol. The molecule has 1 heterocycles. The average Bonchev–Trinajstić information content (AvgIpc) is 2.27. The molecule has 11 heavy (non-hydrogen) atoms. The molecule has 0 saturated heterocycles. The maximum atomic E-state index is 5.12. The maximum Gasteiger partial charge on any atom is 0.253 e. The Morgan fingerprint density at radius 1 is 1.27 bits per heavy atom. The van der Waals surface area contributed by atoms with Crippen molar-refractivity contribution < 1.29 is 26.8 Å². The van der Waals surface area contributed by atoms with Gasteiger partial charge in [-0.25, -0.2) is 4.98 Å². The van der Waals surface area contributed by atoms with E-state index in [4.69, 9.17) is 4.42 Å². The third kappa shape index (κ3) is 1.68. The van der Waals surface area contributed by atoms with Crippen LogP contribution >= 0.6 is 12.6 Å². The summed E-state index contributed by atoms with van der Waals surface area (Å²) in [6.45, 7) is 0. The van der Waals surface area contributed by atoms with Crippen LogP contribution in [0.2, 0.25) is 0 Å². The van der Waals surface area contributed by atoms with Gasteiger partial charge in [0.15, 0.2) is 5.58 Å². The molecular weight excluding hydrogens is 254 g/mol. The molecule has 0 aliphatic heterocycles. The van der Waals surface area contributed by atoms with Crippen molar-refractivity contribution in [2.75, 3.05) is 0 Å². The molecule has 0 unspecified atom stereocenters. The van der Waals surface area contributed by atoms with Crippen LogP contribution in [0.1, 0.15) is 0 Å². The molecule has 1 radical (unpaired) electrons. The zero-order valence-corrected chi connectivity index (χ0v) is 7.79. The third-order valence-electron chi connectivity index (χ3n) is 1.28. The summed E-state index contributed by atoms with van der Waals surface area (Å²) in [5, 5.41) is 0.418. The van der Waals surface area contributed by atoms with Gasteiger partial charge in [-0.3, -0.25) is 0 Å². The fourth-order valence-electron chi connectivity index (χ4n) is 0.860. The van der Waals surface area contributed by atoms with Crippen LogP contribution in [-0.2, 0) is 22.4 Å². The fraction of sp³-hybridized carbons (Fsp3) is 0. The quantitative estimate of drug-likeness (QED) is 0.579. The first-order valence-corrected chi connectivity index (χ1v) is 3.35. The summed E-state index contributed by atoms with van der Waals surface area (Å²) in [5.41, 5.74) is 1.64. The Kier molecular flexibility index (Phi) is 2.78. The summed E-state index contributed by atoms with van der Waals surface area (Å²) >= 11 is 3.97. The van der Waals surface area contributed by atoms with Gasteiger partial charge in [-0.2, -0.15) is 0 Å². The normalized spacial score (nSPS) is 9.55. The number of fused-ring (bicyclic) bond motifs is 1.